The lowest BCUT2D eigenvalue weighted by atomic mass is 10.0. The molecule has 4 nitrogen and oxygen atoms in total. The molecule has 2 N–H and O–H groups in total. The second-order valence-electron chi connectivity index (χ2n) is 5.34. The van der Waals surface area contributed by atoms with Crippen molar-refractivity contribution in [2.24, 2.45) is 5.41 Å². The summed E-state index contributed by atoms with van der Waals surface area (Å²) in [5.41, 5.74) is 7.76. The summed E-state index contributed by atoms with van der Waals surface area (Å²) in [4.78, 5) is 4.42. The van der Waals surface area contributed by atoms with Crippen LogP contribution in [-0.4, -0.2) is 9.55 Å². The predicted octanol–water partition coefficient (Wildman–Crippen LogP) is 2.83. The lowest BCUT2D eigenvalue weighted by Crippen LogP contribution is -2.11. The van der Waals surface area contributed by atoms with Gasteiger partial charge in [0.05, 0.1) is 6.07 Å². The molecule has 3 rings (SSSR count). The molecule has 0 bridgehead atoms. The van der Waals surface area contributed by atoms with E-state index in [2.05, 4.69) is 15.6 Å². The van der Waals surface area contributed by atoms with Crippen LogP contribution < -0.4 is 5.73 Å². The second kappa shape index (κ2) is 4.43. The maximum atomic E-state index is 8.90. The first kappa shape index (κ1) is 11.8. The Balaban J connectivity index is 1.89. The molecule has 4 heteroatoms. The fourth-order valence-electron chi connectivity index (χ4n) is 2.47. The van der Waals surface area contributed by atoms with E-state index in [1.165, 1.54) is 0 Å². The number of nitrogens with zero attached hydrogens (tertiary/aromatic N) is 3. The fourth-order valence-corrected chi connectivity index (χ4v) is 2.47. The van der Waals surface area contributed by atoms with E-state index < -0.39 is 0 Å². The number of benzene rings is 1. The molecule has 1 aromatic carbocycles. The molecule has 1 fully saturated rings. The summed E-state index contributed by atoms with van der Waals surface area (Å²) in [6.07, 6.45) is 6.68. The number of imidazole rings is 1. The summed E-state index contributed by atoms with van der Waals surface area (Å²) >= 11 is 0. The molecule has 1 heterocycles. The first-order valence-corrected chi connectivity index (χ1v) is 6.46. The third kappa shape index (κ3) is 2.32. The number of aromatic nitrogens is 2. The molecule has 19 heavy (non-hydrogen) atoms. The minimum Gasteiger partial charge on any atom is -0.399 e. The first-order chi connectivity index (χ1) is 9.22. The highest BCUT2D eigenvalue weighted by Crippen LogP contribution is 2.50. The second-order valence-corrected chi connectivity index (χ2v) is 5.34. The molecule has 0 aliphatic heterocycles. The van der Waals surface area contributed by atoms with Gasteiger partial charge in [-0.15, -0.1) is 0 Å². The summed E-state index contributed by atoms with van der Waals surface area (Å²) in [6, 6.07) is 10.0. The molecule has 2 aromatic rings. The van der Waals surface area contributed by atoms with Gasteiger partial charge in [0.2, 0.25) is 0 Å². The van der Waals surface area contributed by atoms with Crippen LogP contribution >= 0.6 is 0 Å². The predicted molar refractivity (Wildman–Crippen MR) is 74.0 cm³/mol. The third-order valence-electron chi connectivity index (χ3n) is 3.78. The van der Waals surface area contributed by atoms with Gasteiger partial charge in [-0.1, -0.05) is 12.1 Å². The Kier molecular flexibility index (Phi) is 2.75. The fraction of sp³-hybridized carbons (Fsp3) is 0.333. The van der Waals surface area contributed by atoms with Crippen LogP contribution in [0.15, 0.2) is 36.7 Å². The van der Waals surface area contributed by atoms with E-state index in [4.69, 9.17) is 11.0 Å². The Hall–Kier alpha value is -2.28. The van der Waals surface area contributed by atoms with Crippen LogP contribution in [0, 0.1) is 16.7 Å². The summed E-state index contributed by atoms with van der Waals surface area (Å²) in [6.45, 7) is 0.866. The summed E-state index contributed by atoms with van der Waals surface area (Å²) in [5.74, 6) is 0.927. The van der Waals surface area contributed by atoms with Crippen molar-refractivity contribution in [1.29, 1.82) is 5.26 Å². The molecule has 1 aliphatic carbocycles. The molecule has 1 aliphatic rings. The van der Waals surface area contributed by atoms with E-state index in [-0.39, 0.29) is 5.41 Å². The lowest BCUT2D eigenvalue weighted by molar-refractivity contribution is 0.434. The number of nitriles is 1. The molecule has 0 radical (unpaired) electrons. The monoisotopic (exact) mass is 252 g/mol. The van der Waals surface area contributed by atoms with Crippen molar-refractivity contribution in [2.75, 3.05) is 5.73 Å². The molecule has 0 atom stereocenters. The molecule has 96 valence electrons. The average molecular weight is 252 g/mol. The van der Waals surface area contributed by atoms with Crippen molar-refractivity contribution in [3.63, 3.8) is 0 Å². The lowest BCUT2D eigenvalue weighted by Gasteiger charge is -2.14. The minimum atomic E-state index is 0.171. The largest absolute Gasteiger partial charge is 0.399 e. The normalized spacial score (nSPS) is 15.9. The van der Waals surface area contributed by atoms with E-state index in [0.717, 1.165) is 36.5 Å². The Morgan fingerprint density at radius 1 is 1.42 bits per heavy atom. The van der Waals surface area contributed by atoms with E-state index in [9.17, 15) is 0 Å². The SMILES string of the molecule is N#CCC1(Cn2ccnc2-c2cccc(N)c2)CC1. The quantitative estimate of drug-likeness (QED) is 0.851. The van der Waals surface area contributed by atoms with Crippen molar-refractivity contribution in [2.45, 2.75) is 25.8 Å². The Labute approximate surface area is 112 Å². The molecule has 1 aromatic heterocycles. The van der Waals surface area contributed by atoms with E-state index in [0.29, 0.717) is 6.42 Å². The van der Waals surface area contributed by atoms with Crippen LogP contribution in [0.25, 0.3) is 11.4 Å². The average Bonchev–Trinajstić information content (AvgIpc) is 2.99. The van der Waals surface area contributed by atoms with Crippen LogP contribution in [-0.2, 0) is 6.54 Å². The van der Waals surface area contributed by atoms with Crippen LogP contribution in [0.4, 0.5) is 5.69 Å². The van der Waals surface area contributed by atoms with Crippen LogP contribution in [0.3, 0.4) is 0 Å². The summed E-state index contributed by atoms with van der Waals surface area (Å²) in [7, 11) is 0. The van der Waals surface area contributed by atoms with Gasteiger partial charge in [0.1, 0.15) is 5.82 Å². The zero-order valence-corrected chi connectivity index (χ0v) is 10.7. The topological polar surface area (TPSA) is 67.6 Å². The highest BCUT2D eigenvalue weighted by molar-refractivity contribution is 5.61. The number of hydrogen-bond donors (Lipinski definition) is 1. The van der Waals surface area contributed by atoms with Crippen molar-refractivity contribution < 1.29 is 0 Å². The first-order valence-electron chi connectivity index (χ1n) is 6.46. The van der Waals surface area contributed by atoms with Crippen LogP contribution in [0.1, 0.15) is 19.3 Å². The van der Waals surface area contributed by atoms with Gasteiger partial charge in [-0.05, 0) is 25.0 Å². The molecule has 0 spiro atoms. The molecule has 0 unspecified atom stereocenters. The van der Waals surface area contributed by atoms with Crippen molar-refractivity contribution >= 4 is 5.69 Å². The van der Waals surface area contributed by atoms with E-state index in [1.54, 1.807) is 6.20 Å². The van der Waals surface area contributed by atoms with E-state index >= 15 is 0 Å². The third-order valence-corrected chi connectivity index (χ3v) is 3.78. The molecule has 1 saturated carbocycles. The van der Waals surface area contributed by atoms with Crippen molar-refractivity contribution in [3.8, 4) is 17.5 Å². The summed E-state index contributed by atoms with van der Waals surface area (Å²) in [5, 5.41) is 8.90. The maximum absolute atomic E-state index is 8.90. The van der Waals surface area contributed by atoms with Gasteiger partial charge in [-0.2, -0.15) is 5.26 Å². The number of nitrogen functional groups attached to an aromatic ring is 1. The molecule has 0 saturated heterocycles. The van der Waals surface area contributed by atoms with Gasteiger partial charge < -0.3 is 10.3 Å². The number of anilines is 1. The van der Waals surface area contributed by atoms with Gasteiger partial charge in [-0.3, -0.25) is 0 Å². The smallest absolute Gasteiger partial charge is 0.139 e. The molecular weight excluding hydrogens is 236 g/mol. The highest BCUT2D eigenvalue weighted by atomic mass is 15.1. The van der Waals surface area contributed by atoms with Crippen molar-refractivity contribution in [1.82, 2.24) is 9.55 Å². The minimum absolute atomic E-state index is 0.171. The Morgan fingerprint density at radius 3 is 2.95 bits per heavy atom. The van der Waals surface area contributed by atoms with Crippen LogP contribution in [0.2, 0.25) is 0 Å². The Morgan fingerprint density at radius 2 is 2.26 bits per heavy atom. The number of nitrogens with two attached hydrogens (primary N) is 1. The highest BCUT2D eigenvalue weighted by Gasteiger charge is 2.43. The number of rotatable bonds is 4. The van der Waals surface area contributed by atoms with Crippen LogP contribution in [0.5, 0.6) is 0 Å². The van der Waals surface area contributed by atoms with Crippen molar-refractivity contribution in [3.05, 3.63) is 36.7 Å². The van der Waals surface area contributed by atoms with Gasteiger partial charge in [0.25, 0.3) is 0 Å². The number of hydrogen-bond acceptors (Lipinski definition) is 3. The van der Waals surface area contributed by atoms with Gasteiger partial charge >= 0.3 is 0 Å². The standard InChI is InChI=1S/C15H16N4/c16-7-6-15(4-5-15)11-19-9-8-18-14(19)12-2-1-3-13(17)10-12/h1-3,8-10H,4-6,11,17H2. The molecule has 0 amide bonds. The zero-order chi connectivity index (χ0) is 13.3. The maximum Gasteiger partial charge on any atom is 0.139 e. The zero-order valence-electron chi connectivity index (χ0n) is 10.7. The Bertz CT molecular complexity index is 632. The van der Waals surface area contributed by atoms with E-state index in [1.807, 2.05) is 30.5 Å². The van der Waals surface area contributed by atoms with Gasteiger partial charge in [0, 0.05) is 42.0 Å². The summed E-state index contributed by atoms with van der Waals surface area (Å²) < 4.78 is 2.14. The molecular formula is C15H16N4. The van der Waals surface area contributed by atoms with Gasteiger partial charge in [0.15, 0.2) is 0 Å². The van der Waals surface area contributed by atoms with Gasteiger partial charge in [-0.25, -0.2) is 4.98 Å².